The fraction of sp³-hybridized carbons (Fsp3) is 0.773. The lowest BCUT2D eigenvalue weighted by molar-refractivity contribution is -0.149. The number of aliphatic imine (C=N–C) groups is 1. The molecule has 0 saturated carbocycles. The van der Waals surface area contributed by atoms with Crippen LogP contribution in [-0.4, -0.2) is 88.9 Å². The normalized spacial score (nSPS) is 18.0. The summed E-state index contributed by atoms with van der Waals surface area (Å²) in [6, 6.07) is -3.54. The van der Waals surface area contributed by atoms with Crippen molar-refractivity contribution in [3.05, 3.63) is 0 Å². The zero-order valence-electron chi connectivity index (χ0n) is 20.9. The van der Waals surface area contributed by atoms with Gasteiger partial charge >= 0.3 is 5.97 Å². The molecule has 1 heterocycles. The van der Waals surface area contributed by atoms with Gasteiger partial charge in [-0.25, -0.2) is 4.79 Å². The molecule has 0 radical (unpaired) electrons. The highest BCUT2D eigenvalue weighted by molar-refractivity contribution is 7.98. The van der Waals surface area contributed by atoms with Gasteiger partial charge in [0.25, 0.3) is 0 Å². The second-order valence-corrected chi connectivity index (χ2v) is 10.1. The number of rotatable bonds is 15. The van der Waals surface area contributed by atoms with Gasteiger partial charge in [0, 0.05) is 13.1 Å². The van der Waals surface area contributed by atoms with Crippen LogP contribution in [0.5, 0.6) is 0 Å². The van der Waals surface area contributed by atoms with Gasteiger partial charge in [-0.1, -0.05) is 13.8 Å². The molecule has 0 aromatic rings. The molecule has 4 atom stereocenters. The van der Waals surface area contributed by atoms with E-state index in [9.17, 15) is 24.3 Å². The second kappa shape index (κ2) is 15.5. The number of guanidine groups is 1. The van der Waals surface area contributed by atoms with Crippen LogP contribution in [-0.2, 0) is 19.2 Å². The number of aliphatic carboxylic acids is 1. The first-order chi connectivity index (χ1) is 16.5. The SMILES string of the molecule is CSCCC(NC(=O)C(N)CC(C)C)C(=O)NC(CCCN=C(N)N)C(=O)N1CCCC1C(=O)O. The van der Waals surface area contributed by atoms with Crippen molar-refractivity contribution in [3.8, 4) is 0 Å². The number of hydrogen-bond acceptors (Lipinski definition) is 7. The fourth-order valence-corrected chi connectivity index (χ4v) is 4.39. The van der Waals surface area contributed by atoms with E-state index in [1.807, 2.05) is 20.1 Å². The molecule has 1 aliphatic heterocycles. The van der Waals surface area contributed by atoms with Crippen molar-refractivity contribution < 1.29 is 24.3 Å². The van der Waals surface area contributed by atoms with E-state index < -0.39 is 47.9 Å². The summed E-state index contributed by atoms with van der Waals surface area (Å²) in [4.78, 5) is 55.8. The van der Waals surface area contributed by atoms with Crippen molar-refractivity contribution in [2.75, 3.05) is 25.1 Å². The predicted molar refractivity (Wildman–Crippen MR) is 137 cm³/mol. The third-order valence-electron chi connectivity index (χ3n) is 5.69. The number of carboxylic acid groups (broad SMARTS) is 1. The molecule has 4 unspecified atom stereocenters. The van der Waals surface area contributed by atoms with Crippen LogP contribution in [0.25, 0.3) is 0 Å². The second-order valence-electron chi connectivity index (χ2n) is 9.12. The molecule has 1 rings (SSSR count). The zero-order valence-corrected chi connectivity index (χ0v) is 21.7. The Kier molecular flexibility index (Phi) is 13.5. The average Bonchev–Trinajstić information content (AvgIpc) is 3.27. The smallest absolute Gasteiger partial charge is 0.326 e. The number of amides is 3. The standard InChI is InChI=1S/C22H41N7O5S/c1-13(2)12-14(23)18(30)27-15(8-11-35-3)19(31)28-16(6-4-9-26-22(24)25)20(32)29-10-5-7-17(29)21(33)34/h13-17H,4-12,23H2,1-3H3,(H,27,30)(H,28,31)(H,33,34)(H4,24,25,26). The van der Waals surface area contributed by atoms with Gasteiger partial charge in [-0.2, -0.15) is 11.8 Å². The molecule has 0 aliphatic carbocycles. The van der Waals surface area contributed by atoms with Gasteiger partial charge in [-0.05, 0) is 56.5 Å². The van der Waals surface area contributed by atoms with Crippen LogP contribution in [0.3, 0.4) is 0 Å². The minimum Gasteiger partial charge on any atom is -0.480 e. The molecule has 1 fully saturated rings. The molecule has 12 nitrogen and oxygen atoms in total. The van der Waals surface area contributed by atoms with Gasteiger partial charge in [-0.15, -0.1) is 0 Å². The Balaban J connectivity index is 3.00. The number of carbonyl (C=O) groups excluding carboxylic acids is 3. The molecule has 13 heteroatoms. The molecule has 35 heavy (non-hydrogen) atoms. The largest absolute Gasteiger partial charge is 0.480 e. The number of likely N-dealkylation sites (tertiary alicyclic amines) is 1. The Morgan fingerprint density at radius 2 is 1.77 bits per heavy atom. The lowest BCUT2D eigenvalue weighted by atomic mass is 10.0. The number of hydrogen-bond donors (Lipinski definition) is 6. The first kappa shape index (κ1) is 30.5. The van der Waals surface area contributed by atoms with E-state index in [-0.39, 0.29) is 24.8 Å². The highest BCUT2D eigenvalue weighted by atomic mass is 32.2. The lowest BCUT2D eigenvalue weighted by Crippen LogP contribution is -2.57. The molecule has 200 valence electrons. The van der Waals surface area contributed by atoms with Gasteiger partial charge < -0.3 is 37.8 Å². The summed E-state index contributed by atoms with van der Waals surface area (Å²) in [5.41, 5.74) is 16.7. The molecule has 9 N–H and O–H groups in total. The van der Waals surface area contributed by atoms with Crippen molar-refractivity contribution in [2.24, 2.45) is 28.1 Å². The summed E-state index contributed by atoms with van der Waals surface area (Å²) in [7, 11) is 0. The van der Waals surface area contributed by atoms with Gasteiger partial charge in [0.1, 0.15) is 18.1 Å². The summed E-state index contributed by atoms with van der Waals surface area (Å²) in [6.45, 7) is 4.45. The van der Waals surface area contributed by atoms with Crippen molar-refractivity contribution >= 4 is 41.4 Å². The van der Waals surface area contributed by atoms with Crippen molar-refractivity contribution in [1.29, 1.82) is 0 Å². The minimum absolute atomic E-state index is 0.0834. The van der Waals surface area contributed by atoms with Crippen molar-refractivity contribution in [3.63, 3.8) is 0 Å². The maximum Gasteiger partial charge on any atom is 0.326 e. The zero-order chi connectivity index (χ0) is 26.5. The molecule has 0 aromatic carbocycles. The summed E-state index contributed by atoms with van der Waals surface area (Å²) >= 11 is 1.52. The van der Waals surface area contributed by atoms with Gasteiger partial charge in [0.2, 0.25) is 17.7 Å². The van der Waals surface area contributed by atoms with Gasteiger partial charge in [0.15, 0.2) is 5.96 Å². The average molecular weight is 516 g/mol. The minimum atomic E-state index is -1.08. The molecule has 0 aromatic heterocycles. The van der Waals surface area contributed by atoms with E-state index in [0.29, 0.717) is 44.4 Å². The first-order valence-corrected chi connectivity index (χ1v) is 13.3. The van der Waals surface area contributed by atoms with E-state index in [1.165, 1.54) is 16.7 Å². The molecule has 0 bridgehead atoms. The van der Waals surface area contributed by atoms with Crippen LogP contribution in [0.4, 0.5) is 0 Å². The van der Waals surface area contributed by atoms with E-state index in [4.69, 9.17) is 17.2 Å². The molecule has 1 saturated heterocycles. The number of carbonyl (C=O) groups is 4. The van der Waals surface area contributed by atoms with Gasteiger partial charge in [-0.3, -0.25) is 19.4 Å². The summed E-state index contributed by atoms with van der Waals surface area (Å²) in [6.07, 6.45) is 4.23. The maximum atomic E-state index is 13.3. The van der Waals surface area contributed by atoms with Crippen LogP contribution < -0.4 is 27.8 Å². The summed E-state index contributed by atoms with van der Waals surface area (Å²) < 4.78 is 0. The molecular formula is C22H41N7O5S. The quantitative estimate of drug-likeness (QED) is 0.0916. The summed E-state index contributed by atoms with van der Waals surface area (Å²) in [5.74, 6) is -1.76. The Labute approximate surface area is 211 Å². The fourth-order valence-electron chi connectivity index (χ4n) is 3.92. The van der Waals surface area contributed by atoms with Crippen LogP contribution in [0.1, 0.15) is 52.4 Å². The lowest BCUT2D eigenvalue weighted by Gasteiger charge is -2.29. The monoisotopic (exact) mass is 515 g/mol. The van der Waals surface area contributed by atoms with Crippen molar-refractivity contribution in [2.45, 2.75) is 76.5 Å². The van der Waals surface area contributed by atoms with Crippen LogP contribution in [0.2, 0.25) is 0 Å². The predicted octanol–water partition coefficient (Wildman–Crippen LogP) is -0.788. The highest BCUT2D eigenvalue weighted by Gasteiger charge is 2.38. The van der Waals surface area contributed by atoms with E-state index in [1.54, 1.807) is 0 Å². The third-order valence-corrected chi connectivity index (χ3v) is 6.33. The third kappa shape index (κ3) is 10.7. The van der Waals surface area contributed by atoms with E-state index in [2.05, 4.69) is 15.6 Å². The van der Waals surface area contributed by atoms with Crippen molar-refractivity contribution in [1.82, 2.24) is 15.5 Å². The number of nitrogens with two attached hydrogens (primary N) is 3. The Morgan fingerprint density at radius 1 is 1.11 bits per heavy atom. The van der Waals surface area contributed by atoms with Crippen LogP contribution in [0, 0.1) is 5.92 Å². The van der Waals surface area contributed by atoms with Crippen LogP contribution >= 0.6 is 11.8 Å². The van der Waals surface area contributed by atoms with Crippen LogP contribution in [0.15, 0.2) is 4.99 Å². The Bertz CT molecular complexity index is 760. The first-order valence-electron chi connectivity index (χ1n) is 11.9. The van der Waals surface area contributed by atoms with Gasteiger partial charge in [0.05, 0.1) is 6.04 Å². The maximum absolute atomic E-state index is 13.3. The highest BCUT2D eigenvalue weighted by Crippen LogP contribution is 2.20. The molecule has 1 aliphatic rings. The molecule has 0 spiro atoms. The van der Waals surface area contributed by atoms with E-state index >= 15 is 0 Å². The Morgan fingerprint density at radius 3 is 2.34 bits per heavy atom. The number of thioether (sulfide) groups is 1. The number of nitrogens with zero attached hydrogens (tertiary/aromatic N) is 2. The molecule has 3 amide bonds. The number of carboxylic acids is 1. The number of nitrogens with one attached hydrogen (secondary N) is 2. The topological polar surface area (TPSA) is 206 Å². The van der Waals surface area contributed by atoms with E-state index in [0.717, 1.165) is 0 Å². The summed E-state index contributed by atoms with van der Waals surface area (Å²) in [5, 5.41) is 14.9. The molecular weight excluding hydrogens is 474 g/mol. The Hall–Kier alpha value is -2.54.